The first-order valence-corrected chi connectivity index (χ1v) is 5.77. The lowest BCUT2D eigenvalue weighted by Crippen LogP contribution is -2.48. The Morgan fingerprint density at radius 3 is 2.50 bits per heavy atom. The zero-order valence-electron chi connectivity index (χ0n) is 8.79. The number of halogens is 1. The zero-order valence-corrected chi connectivity index (χ0v) is 10.4. The molecular formula is C12H11BrO3. The number of carbonyl (C=O) groups excluding carboxylic acids is 1. The first kappa shape index (κ1) is 11.3. The lowest BCUT2D eigenvalue weighted by molar-refractivity contribution is -0.153. The van der Waals surface area contributed by atoms with E-state index in [4.69, 9.17) is 0 Å². The van der Waals surface area contributed by atoms with E-state index >= 15 is 0 Å². The summed E-state index contributed by atoms with van der Waals surface area (Å²) in [7, 11) is 0. The SMILES string of the molecule is Cc1ccc(C2(C(=O)O)CC(=O)C2)c(Br)c1. The number of carboxylic acid groups (broad SMARTS) is 1. The summed E-state index contributed by atoms with van der Waals surface area (Å²) in [5.74, 6) is -0.911. The van der Waals surface area contributed by atoms with E-state index in [1.165, 1.54) is 0 Å². The largest absolute Gasteiger partial charge is 0.481 e. The van der Waals surface area contributed by atoms with Gasteiger partial charge in [0.2, 0.25) is 0 Å². The number of ketones is 1. The Balaban J connectivity index is 2.49. The molecule has 0 saturated heterocycles. The molecule has 0 atom stereocenters. The highest BCUT2D eigenvalue weighted by atomic mass is 79.9. The van der Waals surface area contributed by atoms with Crippen molar-refractivity contribution in [2.75, 3.05) is 0 Å². The fraction of sp³-hybridized carbons (Fsp3) is 0.333. The average molecular weight is 283 g/mol. The van der Waals surface area contributed by atoms with Crippen LogP contribution in [-0.4, -0.2) is 16.9 Å². The normalized spacial score (nSPS) is 18.0. The van der Waals surface area contributed by atoms with Crippen molar-refractivity contribution in [2.45, 2.75) is 25.2 Å². The molecule has 1 aromatic rings. The highest BCUT2D eigenvalue weighted by Crippen LogP contribution is 2.44. The van der Waals surface area contributed by atoms with Gasteiger partial charge >= 0.3 is 5.97 Å². The van der Waals surface area contributed by atoms with E-state index < -0.39 is 11.4 Å². The van der Waals surface area contributed by atoms with E-state index in [0.717, 1.165) is 10.0 Å². The van der Waals surface area contributed by atoms with Crippen LogP contribution in [0.2, 0.25) is 0 Å². The Morgan fingerprint density at radius 2 is 2.06 bits per heavy atom. The maximum Gasteiger partial charge on any atom is 0.315 e. The van der Waals surface area contributed by atoms with Crippen LogP contribution in [-0.2, 0) is 15.0 Å². The van der Waals surface area contributed by atoms with Crippen LogP contribution >= 0.6 is 15.9 Å². The Bertz CT molecular complexity index is 471. The molecule has 1 fully saturated rings. The van der Waals surface area contributed by atoms with Gasteiger partial charge in [0.05, 0.1) is 0 Å². The second-order valence-corrected chi connectivity index (χ2v) is 5.12. The predicted octanol–water partition coefficient (Wildman–Crippen LogP) is 2.44. The summed E-state index contributed by atoms with van der Waals surface area (Å²) in [4.78, 5) is 22.4. The number of Topliss-reactive ketones (excluding diaryl/α,β-unsaturated/α-hetero) is 1. The third kappa shape index (κ3) is 1.57. The van der Waals surface area contributed by atoms with Gasteiger partial charge in [-0.1, -0.05) is 28.1 Å². The molecule has 0 spiro atoms. The minimum absolute atomic E-state index is 0.00914. The molecule has 1 aliphatic rings. The van der Waals surface area contributed by atoms with Crippen molar-refractivity contribution in [1.29, 1.82) is 0 Å². The van der Waals surface area contributed by atoms with Crippen molar-refractivity contribution < 1.29 is 14.7 Å². The van der Waals surface area contributed by atoms with Crippen LogP contribution < -0.4 is 0 Å². The number of hydrogen-bond donors (Lipinski definition) is 1. The van der Waals surface area contributed by atoms with Crippen LogP contribution in [0, 0.1) is 6.92 Å². The highest BCUT2D eigenvalue weighted by Gasteiger charge is 2.52. The second-order valence-electron chi connectivity index (χ2n) is 4.26. The molecule has 0 unspecified atom stereocenters. The number of carboxylic acids is 1. The summed E-state index contributed by atoms with van der Waals surface area (Å²) in [5.41, 5.74) is 0.746. The molecule has 1 saturated carbocycles. The minimum Gasteiger partial charge on any atom is -0.481 e. The van der Waals surface area contributed by atoms with Crippen molar-refractivity contribution >= 4 is 27.7 Å². The quantitative estimate of drug-likeness (QED) is 0.907. The standard InChI is InChI=1S/C12H11BrO3/c1-7-2-3-9(10(13)4-7)12(11(15)16)5-8(14)6-12/h2-4H,5-6H2,1H3,(H,15,16). The predicted molar refractivity (Wildman–Crippen MR) is 62.4 cm³/mol. The molecule has 1 aromatic carbocycles. The van der Waals surface area contributed by atoms with Crippen LogP contribution in [0.4, 0.5) is 0 Å². The van der Waals surface area contributed by atoms with Crippen molar-refractivity contribution in [3.8, 4) is 0 Å². The molecule has 84 valence electrons. The van der Waals surface area contributed by atoms with Crippen LogP contribution in [0.5, 0.6) is 0 Å². The molecule has 0 heterocycles. The molecule has 4 heteroatoms. The molecule has 0 radical (unpaired) electrons. The third-order valence-electron chi connectivity index (χ3n) is 3.05. The minimum atomic E-state index is -1.01. The zero-order chi connectivity index (χ0) is 11.9. The number of aryl methyl sites for hydroxylation is 1. The van der Waals surface area contributed by atoms with Crippen molar-refractivity contribution in [3.63, 3.8) is 0 Å². The molecule has 1 N–H and O–H groups in total. The monoisotopic (exact) mass is 282 g/mol. The van der Waals surface area contributed by atoms with E-state index in [9.17, 15) is 14.7 Å². The number of rotatable bonds is 2. The van der Waals surface area contributed by atoms with Crippen LogP contribution in [0.3, 0.4) is 0 Å². The fourth-order valence-corrected chi connectivity index (χ4v) is 2.96. The van der Waals surface area contributed by atoms with E-state index in [0.29, 0.717) is 5.56 Å². The molecular weight excluding hydrogens is 272 g/mol. The van der Waals surface area contributed by atoms with Crippen molar-refractivity contribution in [3.05, 3.63) is 33.8 Å². The van der Waals surface area contributed by atoms with Gasteiger partial charge in [0.1, 0.15) is 11.2 Å². The number of aliphatic carboxylic acids is 1. The number of carbonyl (C=O) groups is 2. The lowest BCUT2D eigenvalue weighted by Gasteiger charge is -2.37. The second kappa shape index (κ2) is 3.70. The van der Waals surface area contributed by atoms with Crippen LogP contribution in [0.15, 0.2) is 22.7 Å². The molecule has 0 bridgehead atoms. The smallest absolute Gasteiger partial charge is 0.315 e. The molecule has 1 aliphatic carbocycles. The lowest BCUT2D eigenvalue weighted by atomic mass is 9.63. The highest BCUT2D eigenvalue weighted by molar-refractivity contribution is 9.10. The van der Waals surface area contributed by atoms with Gasteiger partial charge < -0.3 is 5.11 Å². The maximum atomic E-state index is 11.3. The summed E-state index contributed by atoms with van der Waals surface area (Å²) < 4.78 is 0.766. The fourth-order valence-electron chi connectivity index (χ4n) is 2.09. The Hall–Kier alpha value is -1.16. The van der Waals surface area contributed by atoms with Gasteiger partial charge in [0.25, 0.3) is 0 Å². The molecule has 0 aliphatic heterocycles. The molecule has 16 heavy (non-hydrogen) atoms. The van der Waals surface area contributed by atoms with Crippen molar-refractivity contribution in [2.24, 2.45) is 0 Å². The topological polar surface area (TPSA) is 54.4 Å². The summed E-state index contributed by atoms with van der Waals surface area (Å²) >= 11 is 3.37. The third-order valence-corrected chi connectivity index (χ3v) is 3.70. The molecule has 0 amide bonds. The van der Waals surface area contributed by atoms with Gasteiger partial charge in [-0.05, 0) is 24.1 Å². The maximum absolute atomic E-state index is 11.3. The van der Waals surface area contributed by atoms with Gasteiger partial charge in [-0.2, -0.15) is 0 Å². The van der Waals surface area contributed by atoms with E-state index in [2.05, 4.69) is 15.9 Å². The number of benzene rings is 1. The summed E-state index contributed by atoms with van der Waals surface area (Å²) in [6, 6.07) is 5.54. The Morgan fingerprint density at radius 1 is 1.44 bits per heavy atom. The molecule has 3 nitrogen and oxygen atoms in total. The first-order chi connectivity index (χ1) is 7.45. The van der Waals surface area contributed by atoms with Gasteiger partial charge in [-0.25, -0.2) is 0 Å². The average Bonchev–Trinajstić information content (AvgIpc) is 2.12. The van der Waals surface area contributed by atoms with Crippen LogP contribution in [0.25, 0.3) is 0 Å². The molecule has 0 aromatic heterocycles. The van der Waals surface area contributed by atoms with Gasteiger partial charge in [0, 0.05) is 17.3 Å². The molecule has 2 rings (SSSR count). The Kier molecular flexibility index (Phi) is 2.62. The van der Waals surface area contributed by atoms with E-state index in [-0.39, 0.29) is 18.6 Å². The number of hydrogen-bond acceptors (Lipinski definition) is 2. The first-order valence-electron chi connectivity index (χ1n) is 4.97. The Labute approximate surface area is 102 Å². The van der Waals surface area contributed by atoms with E-state index in [1.54, 1.807) is 6.07 Å². The summed E-state index contributed by atoms with van der Waals surface area (Å²) in [6.07, 6.45) is 0.202. The van der Waals surface area contributed by atoms with Crippen LogP contribution in [0.1, 0.15) is 24.0 Å². The summed E-state index contributed by atoms with van der Waals surface area (Å²) in [5, 5.41) is 9.28. The van der Waals surface area contributed by atoms with Crippen molar-refractivity contribution in [1.82, 2.24) is 0 Å². The van der Waals surface area contributed by atoms with Gasteiger partial charge in [-0.3, -0.25) is 9.59 Å². The van der Waals surface area contributed by atoms with Gasteiger partial charge in [-0.15, -0.1) is 0 Å². The van der Waals surface area contributed by atoms with Gasteiger partial charge in [0.15, 0.2) is 0 Å². The summed E-state index contributed by atoms with van der Waals surface area (Å²) in [6.45, 7) is 1.94. The van der Waals surface area contributed by atoms with E-state index in [1.807, 2.05) is 19.1 Å².